The first-order valence-electron chi connectivity index (χ1n) is 7.67. The summed E-state index contributed by atoms with van der Waals surface area (Å²) in [5.74, 6) is 0.358. The van der Waals surface area contributed by atoms with Gasteiger partial charge >= 0.3 is 0 Å². The molecule has 1 aliphatic rings. The first kappa shape index (κ1) is 15.0. The molecule has 0 radical (unpaired) electrons. The molecule has 118 valence electrons. The van der Waals surface area contributed by atoms with Gasteiger partial charge in [-0.25, -0.2) is 0 Å². The standard InChI is InChI=1S/C16H22N4O2/c1-20-6-7-22-11-12(10-20)9-17-16(21)8-15-13-4-2-3-5-14(13)18-19-15/h2-5,12H,6-11H2,1H3,(H,17,21)(H,18,19). The van der Waals surface area contributed by atoms with Crippen molar-refractivity contribution in [3.8, 4) is 0 Å². The zero-order valence-electron chi connectivity index (χ0n) is 12.8. The number of nitrogens with zero attached hydrogens (tertiary/aromatic N) is 2. The maximum absolute atomic E-state index is 12.2. The van der Waals surface area contributed by atoms with E-state index < -0.39 is 0 Å². The fraction of sp³-hybridized carbons (Fsp3) is 0.500. The number of H-pyrrole nitrogens is 1. The maximum Gasteiger partial charge on any atom is 0.226 e. The summed E-state index contributed by atoms with van der Waals surface area (Å²) in [7, 11) is 2.08. The van der Waals surface area contributed by atoms with E-state index in [2.05, 4.69) is 27.5 Å². The molecular weight excluding hydrogens is 280 g/mol. The first-order chi connectivity index (χ1) is 10.7. The fourth-order valence-corrected chi connectivity index (χ4v) is 2.81. The van der Waals surface area contributed by atoms with Crippen LogP contribution in [0.1, 0.15) is 5.69 Å². The molecule has 2 N–H and O–H groups in total. The summed E-state index contributed by atoms with van der Waals surface area (Å²) in [5, 5.41) is 11.2. The molecule has 3 rings (SSSR count). The number of hydrogen-bond donors (Lipinski definition) is 2. The molecule has 1 fully saturated rings. The average molecular weight is 302 g/mol. The first-order valence-corrected chi connectivity index (χ1v) is 7.67. The van der Waals surface area contributed by atoms with Crippen molar-refractivity contribution in [3.05, 3.63) is 30.0 Å². The fourth-order valence-electron chi connectivity index (χ4n) is 2.81. The Bertz CT molecular complexity index is 640. The van der Waals surface area contributed by atoms with Crippen LogP contribution in [0.15, 0.2) is 24.3 Å². The van der Waals surface area contributed by atoms with Crippen molar-refractivity contribution < 1.29 is 9.53 Å². The number of carbonyl (C=O) groups excluding carboxylic acids is 1. The van der Waals surface area contributed by atoms with Gasteiger partial charge in [0.25, 0.3) is 0 Å². The number of nitrogens with one attached hydrogen (secondary N) is 2. The number of rotatable bonds is 4. The highest BCUT2D eigenvalue weighted by Crippen LogP contribution is 2.15. The van der Waals surface area contributed by atoms with Crippen LogP contribution in [-0.2, 0) is 16.0 Å². The smallest absolute Gasteiger partial charge is 0.226 e. The van der Waals surface area contributed by atoms with Gasteiger partial charge in [0.15, 0.2) is 0 Å². The minimum atomic E-state index is 0.0151. The van der Waals surface area contributed by atoms with Crippen molar-refractivity contribution in [2.24, 2.45) is 5.92 Å². The SMILES string of the molecule is CN1CCOCC(CNC(=O)Cc2[nH]nc3ccccc23)C1. The molecule has 2 heterocycles. The molecule has 1 aromatic heterocycles. The predicted octanol–water partition coefficient (Wildman–Crippen LogP) is 0.800. The Labute approximate surface area is 129 Å². The van der Waals surface area contributed by atoms with Crippen molar-refractivity contribution in [3.63, 3.8) is 0 Å². The molecular formula is C16H22N4O2. The highest BCUT2D eigenvalue weighted by atomic mass is 16.5. The Morgan fingerprint density at radius 3 is 3.27 bits per heavy atom. The lowest BCUT2D eigenvalue weighted by Gasteiger charge is -2.19. The largest absolute Gasteiger partial charge is 0.380 e. The number of aromatic nitrogens is 2. The van der Waals surface area contributed by atoms with Crippen LogP contribution in [0.5, 0.6) is 0 Å². The van der Waals surface area contributed by atoms with Crippen molar-refractivity contribution in [1.29, 1.82) is 0 Å². The lowest BCUT2D eigenvalue weighted by molar-refractivity contribution is -0.120. The number of carbonyl (C=O) groups is 1. The molecule has 1 saturated heterocycles. The van der Waals surface area contributed by atoms with Gasteiger partial charge in [-0.1, -0.05) is 18.2 Å². The second-order valence-corrected chi connectivity index (χ2v) is 5.90. The van der Waals surface area contributed by atoms with Gasteiger partial charge in [-0.3, -0.25) is 9.89 Å². The molecule has 22 heavy (non-hydrogen) atoms. The zero-order chi connectivity index (χ0) is 15.4. The molecule has 1 amide bonds. The average Bonchev–Trinajstić information content (AvgIpc) is 2.79. The Kier molecular flexibility index (Phi) is 4.70. The third-order valence-corrected chi connectivity index (χ3v) is 4.01. The van der Waals surface area contributed by atoms with E-state index in [4.69, 9.17) is 4.74 Å². The molecule has 0 aliphatic carbocycles. The lowest BCUT2D eigenvalue weighted by Crippen LogP contribution is -2.36. The minimum Gasteiger partial charge on any atom is -0.380 e. The summed E-state index contributed by atoms with van der Waals surface area (Å²) in [6, 6.07) is 7.81. The molecule has 2 aromatic rings. The second-order valence-electron chi connectivity index (χ2n) is 5.90. The van der Waals surface area contributed by atoms with E-state index in [0.29, 0.717) is 25.5 Å². The van der Waals surface area contributed by atoms with Crippen LogP contribution in [0.3, 0.4) is 0 Å². The summed E-state index contributed by atoms with van der Waals surface area (Å²) >= 11 is 0. The van der Waals surface area contributed by atoms with Crippen LogP contribution in [0.25, 0.3) is 10.9 Å². The second kappa shape index (κ2) is 6.89. The van der Waals surface area contributed by atoms with Crippen LogP contribution in [-0.4, -0.2) is 60.9 Å². The van der Waals surface area contributed by atoms with Gasteiger partial charge in [0.2, 0.25) is 5.91 Å². The molecule has 1 unspecified atom stereocenters. The molecule has 1 aromatic carbocycles. The van der Waals surface area contributed by atoms with Crippen LogP contribution in [0, 0.1) is 5.92 Å². The van der Waals surface area contributed by atoms with Gasteiger partial charge in [-0.05, 0) is 13.1 Å². The van der Waals surface area contributed by atoms with E-state index in [1.807, 2.05) is 24.3 Å². The molecule has 1 atom stereocenters. The summed E-state index contributed by atoms with van der Waals surface area (Å²) in [6.07, 6.45) is 0.323. The molecule has 0 bridgehead atoms. The van der Waals surface area contributed by atoms with E-state index in [9.17, 15) is 4.79 Å². The van der Waals surface area contributed by atoms with Gasteiger partial charge in [0.1, 0.15) is 0 Å². The minimum absolute atomic E-state index is 0.0151. The van der Waals surface area contributed by atoms with Gasteiger partial charge in [-0.15, -0.1) is 0 Å². The third-order valence-electron chi connectivity index (χ3n) is 4.01. The van der Waals surface area contributed by atoms with E-state index >= 15 is 0 Å². The highest BCUT2D eigenvalue weighted by Gasteiger charge is 2.17. The normalized spacial score (nSPS) is 20.0. The number of likely N-dealkylation sites (N-methyl/N-ethyl adjacent to an activating group) is 1. The Balaban J connectivity index is 1.54. The monoisotopic (exact) mass is 302 g/mol. The number of fused-ring (bicyclic) bond motifs is 1. The van der Waals surface area contributed by atoms with Crippen LogP contribution in [0.2, 0.25) is 0 Å². The Hall–Kier alpha value is -1.92. The number of para-hydroxylation sites is 1. The summed E-state index contributed by atoms with van der Waals surface area (Å²) in [6.45, 7) is 4.02. The maximum atomic E-state index is 12.2. The van der Waals surface area contributed by atoms with Crippen molar-refractivity contribution >= 4 is 16.8 Å². The van der Waals surface area contributed by atoms with Gasteiger partial charge in [-0.2, -0.15) is 5.10 Å². The predicted molar refractivity (Wildman–Crippen MR) is 84.6 cm³/mol. The molecule has 1 aliphatic heterocycles. The lowest BCUT2D eigenvalue weighted by atomic mass is 10.1. The van der Waals surface area contributed by atoms with Gasteiger partial charge in [0.05, 0.1) is 30.8 Å². The number of benzene rings is 1. The molecule has 6 heteroatoms. The van der Waals surface area contributed by atoms with E-state index in [1.165, 1.54) is 0 Å². The number of amides is 1. The van der Waals surface area contributed by atoms with Gasteiger partial charge in [0, 0.05) is 30.9 Å². The van der Waals surface area contributed by atoms with E-state index in [1.54, 1.807) is 0 Å². The number of aromatic amines is 1. The van der Waals surface area contributed by atoms with Crippen LogP contribution >= 0.6 is 0 Å². The third kappa shape index (κ3) is 3.64. The molecule has 0 saturated carbocycles. The van der Waals surface area contributed by atoms with Crippen LogP contribution in [0.4, 0.5) is 0 Å². The summed E-state index contributed by atoms with van der Waals surface area (Å²) in [4.78, 5) is 14.4. The Morgan fingerprint density at radius 1 is 1.50 bits per heavy atom. The molecule has 0 spiro atoms. The highest BCUT2D eigenvalue weighted by molar-refractivity contribution is 5.87. The van der Waals surface area contributed by atoms with Crippen molar-refractivity contribution in [1.82, 2.24) is 20.4 Å². The van der Waals surface area contributed by atoms with Crippen molar-refractivity contribution in [2.75, 3.05) is 39.9 Å². The van der Waals surface area contributed by atoms with Crippen molar-refractivity contribution in [2.45, 2.75) is 6.42 Å². The number of ether oxygens (including phenoxy) is 1. The topological polar surface area (TPSA) is 70.2 Å². The van der Waals surface area contributed by atoms with E-state index in [0.717, 1.165) is 36.3 Å². The summed E-state index contributed by atoms with van der Waals surface area (Å²) < 4.78 is 5.56. The van der Waals surface area contributed by atoms with E-state index in [-0.39, 0.29) is 5.91 Å². The quantitative estimate of drug-likeness (QED) is 0.876. The van der Waals surface area contributed by atoms with Gasteiger partial charge < -0.3 is 15.0 Å². The number of hydrogen-bond acceptors (Lipinski definition) is 4. The zero-order valence-corrected chi connectivity index (χ0v) is 12.8. The Morgan fingerprint density at radius 2 is 2.36 bits per heavy atom. The summed E-state index contributed by atoms with van der Waals surface area (Å²) in [5.41, 5.74) is 1.76. The molecule has 6 nitrogen and oxygen atoms in total. The van der Waals surface area contributed by atoms with Crippen LogP contribution < -0.4 is 5.32 Å².